The maximum Gasteiger partial charge on any atom is 1.00 e. The molecule has 0 bridgehead atoms. The molecule has 3 nitrogen and oxygen atoms in total. The van der Waals surface area contributed by atoms with E-state index in [0.29, 0.717) is 10.4 Å². The number of thiophene rings is 1. The van der Waals surface area contributed by atoms with Crippen LogP contribution >= 0.6 is 11.3 Å². The van der Waals surface area contributed by atoms with Crippen molar-refractivity contribution >= 4 is 22.4 Å². The predicted octanol–water partition coefficient (Wildman–Crippen LogP) is 0.556. The van der Waals surface area contributed by atoms with Crippen LogP contribution in [0.3, 0.4) is 0 Å². The first kappa shape index (κ1) is 17.3. The van der Waals surface area contributed by atoms with Crippen molar-refractivity contribution in [3.05, 3.63) is 36.4 Å². The van der Waals surface area contributed by atoms with E-state index < -0.39 is 17.4 Å². The molecule has 0 N–H and O–H groups in total. The minimum atomic E-state index is -4.73. The Morgan fingerprint density at radius 1 is 1.10 bits per heavy atom. The van der Waals surface area contributed by atoms with Crippen LogP contribution in [0.1, 0.15) is 0 Å². The van der Waals surface area contributed by atoms with Gasteiger partial charge in [-0.1, -0.05) is 0 Å². The van der Waals surface area contributed by atoms with Crippen LogP contribution in [-0.4, -0.2) is 15.1 Å². The molecule has 2 rings (SSSR count). The SMILES string of the molecule is O=S([O-])c1ccc(-c2ccc(OC(F)(F)F)cc2)s1.[Li+]. The molecule has 9 heteroatoms. The Morgan fingerprint density at radius 3 is 2.15 bits per heavy atom. The molecule has 0 saturated heterocycles. The fraction of sp³-hybridized carbons (Fsp3) is 0.0909. The zero-order valence-electron chi connectivity index (χ0n) is 10.1. The first-order valence-electron chi connectivity index (χ1n) is 4.90. The summed E-state index contributed by atoms with van der Waals surface area (Å²) in [7, 11) is 0. The fourth-order valence-corrected chi connectivity index (χ4v) is 2.85. The van der Waals surface area contributed by atoms with E-state index in [1.165, 1.54) is 30.3 Å². The van der Waals surface area contributed by atoms with Crippen LogP contribution < -0.4 is 23.6 Å². The number of hydrogen-bond acceptors (Lipinski definition) is 4. The first-order chi connectivity index (χ1) is 8.85. The Labute approximate surface area is 131 Å². The molecule has 20 heavy (non-hydrogen) atoms. The van der Waals surface area contributed by atoms with Gasteiger partial charge < -0.3 is 9.29 Å². The Balaban J connectivity index is 0.00000200. The molecule has 2 aromatic rings. The standard InChI is InChI=1S/C11H7F3O3S2.Li/c12-11(13,14)17-8-3-1-7(2-4-8)9-5-6-10(18-9)19(15)16;/h1-6H,(H,15,16);/q;+1/p-1. The van der Waals surface area contributed by atoms with Crippen molar-refractivity contribution < 1.29 is 45.5 Å². The van der Waals surface area contributed by atoms with Crippen LogP contribution in [0.5, 0.6) is 5.75 Å². The third kappa shape index (κ3) is 4.65. The van der Waals surface area contributed by atoms with E-state index in [-0.39, 0.29) is 28.8 Å². The average molecular weight is 314 g/mol. The van der Waals surface area contributed by atoms with Crippen LogP contribution in [-0.2, 0) is 11.1 Å². The van der Waals surface area contributed by atoms with E-state index in [0.717, 1.165) is 11.3 Å². The summed E-state index contributed by atoms with van der Waals surface area (Å²) >= 11 is -1.27. The van der Waals surface area contributed by atoms with E-state index in [1.54, 1.807) is 6.07 Å². The molecule has 0 spiro atoms. The van der Waals surface area contributed by atoms with Gasteiger partial charge >= 0.3 is 25.2 Å². The largest absolute Gasteiger partial charge is 1.00 e. The molecule has 102 valence electrons. The van der Waals surface area contributed by atoms with Gasteiger partial charge in [0.05, 0.1) is 4.21 Å². The maximum absolute atomic E-state index is 12.0. The summed E-state index contributed by atoms with van der Waals surface area (Å²) in [4.78, 5) is 0.651. The number of hydrogen-bond donors (Lipinski definition) is 0. The Morgan fingerprint density at radius 2 is 1.70 bits per heavy atom. The molecule has 0 radical (unpaired) electrons. The monoisotopic (exact) mass is 314 g/mol. The quantitative estimate of drug-likeness (QED) is 0.614. The molecule has 0 aliphatic carbocycles. The molecule has 0 aliphatic rings. The van der Waals surface area contributed by atoms with Gasteiger partial charge in [0.2, 0.25) is 0 Å². The summed E-state index contributed by atoms with van der Waals surface area (Å²) in [6.45, 7) is 0. The molecular formula is C11H6F3LiO3S2. The van der Waals surface area contributed by atoms with Crippen molar-refractivity contribution in [3.8, 4) is 16.2 Å². The molecule has 1 unspecified atom stereocenters. The van der Waals surface area contributed by atoms with Gasteiger partial charge in [-0.3, -0.25) is 4.21 Å². The second kappa shape index (κ2) is 6.78. The molecule has 1 heterocycles. The van der Waals surface area contributed by atoms with Gasteiger partial charge in [0.1, 0.15) is 5.75 Å². The van der Waals surface area contributed by atoms with Crippen LogP contribution in [0.15, 0.2) is 40.6 Å². The summed E-state index contributed by atoms with van der Waals surface area (Å²) < 4.78 is 61.3. The Hall–Kier alpha value is -0.783. The van der Waals surface area contributed by atoms with E-state index in [1.807, 2.05) is 0 Å². The van der Waals surface area contributed by atoms with Crippen LogP contribution in [0, 0.1) is 0 Å². The first-order valence-corrected chi connectivity index (χ1v) is 6.79. The number of benzene rings is 1. The van der Waals surface area contributed by atoms with E-state index in [9.17, 15) is 21.9 Å². The van der Waals surface area contributed by atoms with Crippen LogP contribution in [0.4, 0.5) is 13.2 Å². The Kier molecular flexibility index (Phi) is 5.86. The summed E-state index contributed by atoms with van der Waals surface area (Å²) in [5, 5.41) is 0. The fourth-order valence-electron chi connectivity index (χ4n) is 1.39. The van der Waals surface area contributed by atoms with Crippen molar-refractivity contribution in [2.45, 2.75) is 10.6 Å². The van der Waals surface area contributed by atoms with Crippen LogP contribution in [0.25, 0.3) is 10.4 Å². The smallest absolute Gasteiger partial charge is 0.768 e. The van der Waals surface area contributed by atoms with E-state index >= 15 is 0 Å². The third-order valence-electron chi connectivity index (χ3n) is 2.12. The van der Waals surface area contributed by atoms with Gasteiger partial charge in [0.25, 0.3) is 0 Å². The third-order valence-corrected chi connectivity index (χ3v) is 4.17. The van der Waals surface area contributed by atoms with E-state index in [2.05, 4.69) is 4.74 Å². The van der Waals surface area contributed by atoms with Gasteiger partial charge in [0, 0.05) is 4.88 Å². The predicted molar refractivity (Wildman–Crippen MR) is 63.6 cm³/mol. The molecule has 1 atom stereocenters. The topological polar surface area (TPSA) is 49.4 Å². The van der Waals surface area contributed by atoms with Gasteiger partial charge in [0.15, 0.2) is 0 Å². The minimum Gasteiger partial charge on any atom is -0.768 e. The number of rotatable bonds is 3. The molecule has 0 amide bonds. The zero-order chi connectivity index (χ0) is 14.0. The maximum atomic E-state index is 12.0. The molecule has 1 aromatic carbocycles. The number of halogens is 3. The molecule has 0 aliphatic heterocycles. The van der Waals surface area contributed by atoms with Crippen molar-refractivity contribution in [1.29, 1.82) is 0 Å². The molecule has 0 saturated carbocycles. The zero-order valence-corrected chi connectivity index (χ0v) is 11.8. The Bertz CT molecular complexity index is 596. The minimum absolute atomic E-state index is 0. The van der Waals surface area contributed by atoms with Crippen molar-refractivity contribution in [3.63, 3.8) is 0 Å². The van der Waals surface area contributed by atoms with Crippen molar-refractivity contribution in [2.24, 2.45) is 0 Å². The van der Waals surface area contributed by atoms with Gasteiger partial charge in [-0.25, -0.2) is 0 Å². The second-order valence-electron chi connectivity index (χ2n) is 3.43. The summed E-state index contributed by atoms with van der Waals surface area (Å²) in [6.07, 6.45) is -4.73. The van der Waals surface area contributed by atoms with Gasteiger partial charge in [-0.05, 0) is 53.0 Å². The normalized spacial score (nSPS) is 12.6. The van der Waals surface area contributed by atoms with Gasteiger partial charge in [-0.15, -0.1) is 24.5 Å². The summed E-state index contributed by atoms with van der Waals surface area (Å²) in [5.41, 5.74) is 0.622. The van der Waals surface area contributed by atoms with Crippen molar-refractivity contribution in [2.75, 3.05) is 0 Å². The van der Waals surface area contributed by atoms with Crippen molar-refractivity contribution in [1.82, 2.24) is 0 Å². The van der Waals surface area contributed by atoms with Crippen LogP contribution in [0.2, 0.25) is 0 Å². The molecular weight excluding hydrogens is 308 g/mol. The number of ether oxygens (including phenoxy) is 1. The number of alkyl halides is 3. The van der Waals surface area contributed by atoms with Gasteiger partial charge in [-0.2, -0.15) is 0 Å². The average Bonchev–Trinajstić information content (AvgIpc) is 2.77. The molecule has 1 aromatic heterocycles. The summed E-state index contributed by atoms with van der Waals surface area (Å²) in [5.74, 6) is -0.319. The van der Waals surface area contributed by atoms with E-state index in [4.69, 9.17) is 0 Å². The molecule has 0 fully saturated rings. The second-order valence-corrected chi connectivity index (χ2v) is 5.68. The summed E-state index contributed by atoms with van der Waals surface area (Å²) in [6, 6.07) is 8.25.